The Morgan fingerprint density at radius 2 is 1.87 bits per heavy atom. The summed E-state index contributed by atoms with van der Waals surface area (Å²) in [5.74, 6) is 0.0837. The van der Waals surface area contributed by atoms with E-state index in [0.29, 0.717) is 13.2 Å². The molecule has 1 unspecified atom stereocenters. The standard InChI is InChI=1S/C12H17FO2/c1-10-3-5-12(6-4-10)9-14-7-11(2)8-15-13/h3-6,11H,7-9H2,1-2H3. The van der Waals surface area contributed by atoms with Gasteiger partial charge < -0.3 is 4.74 Å². The Balaban J connectivity index is 2.22. The van der Waals surface area contributed by atoms with Gasteiger partial charge in [-0.15, -0.1) is 0 Å². The molecule has 0 spiro atoms. The predicted octanol–water partition coefficient (Wildman–Crippen LogP) is 3.05. The first kappa shape index (κ1) is 12.1. The molecule has 0 saturated carbocycles. The molecule has 0 radical (unpaired) electrons. The van der Waals surface area contributed by atoms with E-state index in [1.165, 1.54) is 5.56 Å². The first-order valence-electron chi connectivity index (χ1n) is 5.09. The molecule has 0 bridgehead atoms. The average Bonchev–Trinajstić information content (AvgIpc) is 2.21. The topological polar surface area (TPSA) is 18.5 Å². The number of ether oxygens (including phenoxy) is 1. The van der Waals surface area contributed by atoms with Crippen LogP contribution < -0.4 is 0 Å². The van der Waals surface area contributed by atoms with Gasteiger partial charge >= 0.3 is 0 Å². The van der Waals surface area contributed by atoms with Crippen LogP contribution >= 0.6 is 0 Å². The first-order chi connectivity index (χ1) is 7.22. The van der Waals surface area contributed by atoms with Crippen LogP contribution in [0.15, 0.2) is 24.3 Å². The van der Waals surface area contributed by atoms with E-state index in [0.717, 1.165) is 5.56 Å². The number of hydrogen-bond acceptors (Lipinski definition) is 2. The van der Waals surface area contributed by atoms with Gasteiger partial charge in [0, 0.05) is 5.92 Å². The monoisotopic (exact) mass is 212 g/mol. The van der Waals surface area contributed by atoms with Crippen LogP contribution in [-0.4, -0.2) is 13.2 Å². The molecule has 0 amide bonds. The second kappa shape index (κ2) is 6.53. The number of aryl methyl sites for hydroxylation is 1. The maximum Gasteiger partial charge on any atom is 0.0923 e. The fourth-order valence-corrected chi connectivity index (χ4v) is 1.22. The predicted molar refractivity (Wildman–Crippen MR) is 57.1 cm³/mol. The number of benzene rings is 1. The zero-order valence-electron chi connectivity index (χ0n) is 9.20. The lowest BCUT2D eigenvalue weighted by molar-refractivity contribution is -0.149. The van der Waals surface area contributed by atoms with Crippen LogP contribution in [0.2, 0.25) is 0 Å². The van der Waals surface area contributed by atoms with Gasteiger partial charge in [0.2, 0.25) is 0 Å². The molecule has 1 aromatic carbocycles. The molecule has 0 saturated heterocycles. The molecule has 84 valence electrons. The van der Waals surface area contributed by atoms with Crippen LogP contribution in [0.3, 0.4) is 0 Å². The Bertz CT molecular complexity index is 271. The molecule has 1 atom stereocenters. The lowest BCUT2D eigenvalue weighted by atomic mass is 10.2. The summed E-state index contributed by atoms with van der Waals surface area (Å²) in [6.45, 7) is 5.10. The second-order valence-corrected chi connectivity index (χ2v) is 3.88. The normalized spacial score (nSPS) is 12.7. The van der Waals surface area contributed by atoms with Gasteiger partial charge in [0.25, 0.3) is 0 Å². The van der Waals surface area contributed by atoms with Crippen molar-refractivity contribution in [2.75, 3.05) is 13.2 Å². The van der Waals surface area contributed by atoms with Gasteiger partial charge in [-0.1, -0.05) is 36.8 Å². The summed E-state index contributed by atoms with van der Waals surface area (Å²) in [4.78, 5) is 3.54. The van der Waals surface area contributed by atoms with E-state index >= 15 is 0 Å². The molecular formula is C12H17FO2. The van der Waals surface area contributed by atoms with Crippen LogP contribution in [0.1, 0.15) is 18.1 Å². The lowest BCUT2D eigenvalue weighted by Crippen LogP contribution is -2.10. The Morgan fingerprint density at radius 3 is 2.47 bits per heavy atom. The van der Waals surface area contributed by atoms with Crippen LogP contribution in [0.5, 0.6) is 0 Å². The maximum absolute atomic E-state index is 11.5. The van der Waals surface area contributed by atoms with Gasteiger partial charge in [0.15, 0.2) is 0 Å². The number of hydrogen-bond donors (Lipinski definition) is 0. The summed E-state index contributed by atoms with van der Waals surface area (Å²) in [5, 5.41) is 0. The van der Waals surface area contributed by atoms with Crippen molar-refractivity contribution in [3.63, 3.8) is 0 Å². The highest BCUT2D eigenvalue weighted by Crippen LogP contribution is 2.06. The summed E-state index contributed by atoms with van der Waals surface area (Å²) >= 11 is 0. The summed E-state index contributed by atoms with van der Waals surface area (Å²) in [6.07, 6.45) is 0. The quantitative estimate of drug-likeness (QED) is 0.721. The minimum absolute atomic E-state index is 0.0837. The van der Waals surface area contributed by atoms with Crippen LogP contribution in [0.25, 0.3) is 0 Å². The van der Waals surface area contributed by atoms with E-state index in [-0.39, 0.29) is 12.5 Å². The Kier molecular flexibility index (Phi) is 5.29. The molecule has 0 aliphatic heterocycles. The van der Waals surface area contributed by atoms with Gasteiger partial charge in [0.05, 0.1) is 19.8 Å². The third kappa shape index (κ3) is 4.91. The smallest absolute Gasteiger partial charge is 0.0923 e. The largest absolute Gasteiger partial charge is 0.376 e. The summed E-state index contributed by atoms with van der Waals surface area (Å²) < 4.78 is 16.9. The molecule has 1 rings (SSSR count). The zero-order valence-corrected chi connectivity index (χ0v) is 9.20. The molecular weight excluding hydrogens is 195 g/mol. The van der Waals surface area contributed by atoms with Crippen LogP contribution in [0, 0.1) is 12.8 Å². The zero-order chi connectivity index (χ0) is 11.1. The lowest BCUT2D eigenvalue weighted by Gasteiger charge is -2.09. The molecule has 0 aromatic heterocycles. The molecule has 2 nitrogen and oxygen atoms in total. The minimum Gasteiger partial charge on any atom is -0.376 e. The summed E-state index contributed by atoms with van der Waals surface area (Å²) in [6, 6.07) is 8.16. The van der Waals surface area contributed by atoms with Crippen molar-refractivity contribution in [1.82, 2.24) is 0 Å². The Morgan fingerprint density at radius 1 is 1.20 bits per heavy atom. The fourth-order valence-electron chi connectivity index (χ4n) is 1.22. The van der Waals surface area contributed by atoms with Crippen molar-refractivity contribution in [3.8, 4) is 0 Å². The van der Waals surface area contributed by atoms with Gasteiger partial charge in [-0.25, -0.2) is 0 Å². The Labute approximate surface area is 89.9 Å². The van der Waals surface area contributed by atoms with E-state index < -0.39 is 0 Å². The summed E-state index contributed by atoms with van der Waals surface area (Å²) in [5.41, 5.74) is 2.37. The first-order valence-corrected chi connectivity index (χ1v) is 5.09. The molecule has 0 aliphatic carbocycles. The highest BCUT2D eigenvalue weighted by Gasteiger charge is 2.02. The van der Waals surface area contributed by atoms with Gasteiger partial charge in [-0.3, -0.25) is 0 Å². The molecule has 0 N–H and O–H groups in total. The molecule has 3 heteroatoms. The Hall–Kier alpha value is -0.930. The second-order valence-electron chi connectivity index (χ2n) is 3.88. The number of rotatable bonds is 6. The third-order valence-electron chi connectivity index (χ3n) is 2.14. The van der Waals surface area contributed by atoms with E-state index in [1.807, 2.05) is 38.1 Å². The van der Waals surface area contributed by atoms with Crippen molar-refractivity contribution in [3.05, 3.63) is 35.4 Å². The van der Waals surface area contributed by atoms with Crippen molar-refractivity contribution in [1.29, 1.82) is 0 Å². The minimum atomic E-state index is 0.0837. The summed E-state index contributed by atoms with van der Waals surface area (Å²) in [7, 11) is 0. The van der Waals surface area contributed by atoms with E-state index in [4.69, 9.17) is 4.74 Å². The van der Waals surface area contributed by atoms with Crippen molar-refractivity contribution in [2.24, 2.45) is 5.92 Å². The van der Waals surface area contributed by atoms with Crippen molar-refractivity contribution < 1.29 is 14.2 Å². The van der Waals surface area contributed by atoms with E-state index in [1.54, 1.807) is 0 Å². The molecule has 15 heavy (non-hydrogen) atoms. The average molecular weight is 212 g/mol. The van der Waals surface area contributed by atoms with Gasteiger partial charge in [-0.05, 0) is 17.0 Å². The van der Waals surface area contributed by atoms with Gasteiger partial charge in [0.1, 0.15) is 0 Å². The van der Waals surface area contributed by atoms with E-state index in [9.17, 15) is 4.53 Å². The van der Waals surface area contributed by atoms with Crippen LogP contribution in [-0.2, 0) is 16.3 Å². The maximum atomic E-state index is 11.5. The SMILES string of the molecule is Cc1ccc(COCC(C)COF)cc1. The van der Waals surface area contributed by atoms with Crippen molar-refractivity contribution >= 4 is 0 Å². The van der Waals surface area contributed by atoms with Gasteiger partial charge in [-0.2, -0.15) is 4.94 Å². The molecule has 0 fully saturated rings. The highest BCUT2D eigenvalue weighted by atomic mass is 19.3. The van der Waals surface area contributed by atoms with E-state index in [2.05, 4.69) is 4.94 Å². The molecule has 0 aliphatic rings. The fraction of sp³-hybridized carbons (Fsp3) is 0.500. The van der Waals surface area contributed by atoms with Crippen LogP contribution in [0.4, 0.5) is 4.53 Å². The third-order valence-corrected chi connectivity index (χ3v) is 2.14. The van der Waals surface area contributed by atoms with Crippen molar-refractivity contribution in [2.45, 2.75) is 20.5 Å². The molecule has 0 heterocycles. The highest BCUT2D eigenvalue weighted by molar-refractivity contribution is 5.20. The molecule has 1 aromatic rings. The number of halogens is 1.